The van der Waals surface area contributed by atoms with Crippen LogP contribution in [0.25, 0.3) is 5.82 Å². The molecule has 0 spiro atoms. The Labute approximate surface area is 116 Å². The molecule has 0 saturated heterocycles. The first-order chi connectivity index (χ1) is 9.36. The fourth-order valence-electron chi connectivity index (χ4n) is 1.58. The van der Waals surface area contributed by atoms with Gasteiger partial charge in [-0.3, -0.25) is 5.10 Å². The van der Waals surface area contributed by atoms with Crippen LogP contribution in [0.15, 0.2) is 24.5 Å². The molecule has 2 aromatic rings. The van der Waals surface area contributed by atoms with E-state index in [1.54, 1.807) is 0 Å². The number of ether oxygens (including phenoxy) is 1. The number of hydrogen-bond acceptors (Lipinski definition) is 4. The summed E-state index contributed by atoms with van der Waals surface area (Å²) in [7, 11) is 1.15. The van der Waals surface area contributed by atoms with Crippen molar-refractivity contribution in [2.24, 2.45) is 0 Å². The Kier molecular flexibility index (Phi) is 3.62. The normalized spacial score (nSPS) is 11.4. The first kappa shape index (κ1) is 14.3. The third-order valence-electron chi connectivity index (χ3n) is 2.48. The van der Waals surface area contributed by atoms with Gasteiger partial charge in [0.05, 0.1) is 7.11 Å². The Hall–Kier alpha value is -2.16. The summed E-state index contributed by atoms with van der Waals surface area (Å²) in [5.74, 6) is -1.17. The van der Waals surface area contributed by atoms with E-state index < -0.39 is 23.5 Å². The first-order valence-electron chi connectivity index (χ1n) is 5.27. The molecule has 2 aromatic heterocycles. The predicted molar refractivity (Wildman–Crippen MR) is 65.1 cm³/mol. The summed E-state index contributed by atoms with van der Waals surface area (Å²) in [5.41, 5.74) is -1.00. The molecule has 9 heteroatoms. The van der Waals surface area contributed by atoms with Crippen LogP contribution in [0.4, 0.5) is 13.2 Å². The number of aromatic amines is 1. The fraction of sp³-hybridized carbons (Fsp3) is 0.182. The van der Waals surface area contributed by atoms with Gasteiger partial charge in [0.2, 0.25) is 0 Å². The van der Waals surface area contributed by atoms with Crippen LogP contribution in [0, 0.1) is 4.64 Å². The van der Waals surface area contributed by atoms with E-state index in [-0.39, 0.29) is 10.2 Å². The molecule has 0 aliphatic carbocycles. The van der Waals surface area contributed by atoms with Gasteiger partial charge in [-0.1, -0.05) is 12.2 Å². The highest BCUT2D eigenvalue weighted by Gasteiger charge is 2.35. The van der Waals surface area contributed by atoms with Crippen LogP contribution in [-0.2, 0) is 10.9 Å². The Morgan fingerprint density at radius 2 is 2.20 bits per heavy atom. The van der Waals surface area contributed by atoms with Gasteiger partial charge in [-0.15, -0.1) is 0 Å². The number of esters is 1. The molecular formula is C11H8F3N3O2S. The molecule has 0 unspecified atom stereocenters. The Bertz CT molecular complexity index is 705. The Morgan fingerprint density at radius 3 is 2.80 bits per heavy atom. The molecule has 0 aliphatic heterocycles. The summed E-state index contributed by atoms with van der Waals surface area (Å²) in [6.45, 7) is 0. The number of pyridine rings is 1. The van der Waals surface area contributed by atoms with Crippen molar-refractivity contribution in [1.82, 2.24) is 14.8 Å². The largest absolute Gasteiger partial charge is 0.465 e. The summed E-state index contributed by atoms with van der Waals surface area (Å²) in [6.07, 6.45) is -2.22. The monoisotopic (exact) mass is 303 g/mol. The molecule has 0 radical (unpaired) electrons. The van der Waals surface area contributed by atoms with Gasteiger partial charge in [0.15, 0.2) is 5.82 Å². The number of hydrogen-bond donors (Lipinski definition) is 1. The maximum absolute atomic E-state index is 12.9. The van der Waals surface area contributed by atoms with Crippen LogP contribution in [0.5, 0.6) is 0 Å². The number of H-pyrrole nitrogens is 1. The smallest absolute Gasteiger partial charge is 0.420 e. The van der Waals surface area contributed by atoms with E-state index in [0.29, 0.717) is 0 Å². The minimum Gasteiger partial charge on any atom is -0.465 e. The van der Waals surface area contributed by atoms with Crippen molar-refractivity contribution in [3.63, 3.8) is 0 Å². The molecule has 2 heterocycles. The second-order valence-corrected chi connectivity index (χ2v) is 4.08. The number of nitrogens with one attached hydrogen (secondary N) is 1. The molecular weight excluding hydrogens is 295 g/mol. The van der Waals surface area contributed by atoms with E-state index in [9.17, 15) is 18.0 Å². The summed E-state index contributed by atoms with van der Waals surface area (Å²) in [6, 6.07) is 2.04. The second kappa shape index (κ2) is 5.08. The van der Waals surface area contributed by atoms with Crippen LogP contribution >= 0.6 is 12.2 Å². The van der Waals surface area contributed by atoms with E-state index in [1.165, 1.54) is 18.5 Å². The van der Waals surface area contributed by atoms with Crippen molar-refractivity contribution in [2.75, 3.05) is 7.11 Å². The van der Waals surface area contributed by atoms with Crippen LogP contribution in [0.1, 0.15) is 15.9 Å². The minimum atomic E-state index is -4.59. The highest BCUT2D eigenvalue weighted by molar-refractivity contribution is 7.71. The maximum atomic E-state index is 12.9. The lowest BCUT2D eigenvalue weighted by molar-refractivity contribution is -0.137. The van der Waals surface area contributed by atoms with Crippen molar-refractivity contribution >= 4 is 18.2 Å². The van der Waals surface area contributed by atoms with Gasteiger partial charge >= 0.3 is 12.1 Å². The topological polar surface area (TPSA) is 59.9 Å². The summed E-state index contributed by atoms with van der Waals surface area (Å²) >= 11 is 4.96. The minimum absolute atomic E-state index is 0.0405. The van der Waals surface area contributed by atoms with E-state index in [1.807, 2.05) is 0 Å². The van der Waals surface area contributed by atoms with Crippen molar-refractivity contribution in [1.29, 1.82) is 0 Å². The highest BCUT2D eigenvalue weighted by Crippen LogP contribution is 2.32. The lowest BCUT2D eigenvalue weighted by Crippen LogP contribution is -2.13. The summed E-state index contributed by atoms with van der Waals surface area (Å²) in [4.78, 5) is 15.1. The van der Waals surface area contributed by atoms with Gasteiger partial charge in [0, 0.05) is 12.4 Å². The van der Waals surface area contributed by atoms with Crippen molar-refractivity contribution in [3.8, 4) is 5.82 Å². The number of alkyl halides is 3. The average molecular weight is 303 g/mol. The average Bonchev–Trinajstić information content (AvgIpc) is 2.78. The predicted octanol–water partition coefficient (Wildman–Crippen LogP) is 2.74. The zero-order chi connectivity index (χ0) is 14.9. The molecule has 5 nitrogen and oxygen atoms in total. The number of nitrogens with zero attached hydrogens (tertiary/aromatic N) is 2. The molecule has 0 bridgehead atoms. The van der Waals surface area contributed by atoms with Crippen LogP contribution in [0.3, 0.4) is 0 Å². The standard InChI is InChI=1S/C11H8F3N3O2S/c1-19-10(18)6-5-16-17(9(6)20)8-7(11(12,13)14)3-2-4-15-8/h2-5,16H,1H3. The summed E-state index contributed by atoms with van der Waals surface area (Å²) < 4.78 is 44.0. The summed E-state index contributed by atoms with van der Waals surface area (Å²) in [5, 5.41) is 2.47. The van der Waals surface area contributed by atoms with E-state index in [0.717, 1.165) is 17.9 Å². The molecule has 0 aliphatic rings. The SMILES string of the molecule is COC(=O)c1c[nH]n(-c2ncccc2C(F)(F)F)c1=S. The van der Waals surface area contributed by atoms with Crippen molar-refractivity contribution < 1.29 is 22.7 Å². The Balaban J connectivity index is 2.63. The number of halogens is 3. The van der Waals surface area contributed by atoms with Gasteiger partial charge in [-0.2, -0.15) is 13.2 Å². The van der Waals surface area contributed by atoms with Gasteiger partial charge in [-0.05, 0) is 12.1 Å². The number of rotatable bonds is 2. The molecule has 0 fully saturated rings. The molecule has 106 valence electrons. The zero-order valence-electron chi connectivity index (χ0n) is 10.1. The first-order valence-corrected chi connectivity index (χ1v) is 5.68. The van der Waals surface area contributed by atoms with Gasteiger partial charge in [0.1, 0.15) is 15.8 Å². The molecule has 0 saturated carbocycles. The van der Waals surface area contributed by atoms with Crippen LogP contribution in [0.2, 0.25) is 0 Å². The third-order valence-corrected chi connectivity index (χ3v) is 2.88. The molecule has 1 N–H and O–H groups in total. The molecule has 0 atom stereocenters. The molecule has 0 amide bonds. The van der Waals surface area contributed by atoms with Crippen molar-refractivity contribution in [2.45, 2.75) is 6.18 Å². The lowest BCUT2D eigenvalue weighted by atomic mass is 10.2. The molecule has 0 aromatic carbocycles. The van der Waals surface area contributed by atoms with E-state index >= 15 is 0 Å². The molecule has 20 heavy (non-hydrogen) atoms. The zero-order valence-corrected chi connectivity index (χ0v) is 10.9. The van der Waals surface area contributed by atoms with Crippen molar-refractivity contribution in [3.05, 3.63) is 40.3 Å². The number of aromatic nitrogens is 3. The van der Waals surface area contributed by atoms with Crippen LogP contribution < -0.4 is 0 Å². The second-order valence-electron chi connectivity index (χ2n) is 3.69. The number of carbonyl (C=O) groups is 1. The molecule has 2 rings (SSSR count). The quantitative estimate of drug-likeness (QED) is 0.684. The van der Waals surface area contributed by atoms with Gasteiger partial charge < -0.3 is 4.74 Å². The lowest BCUT2D eigenvalue weighted by Gasteiger charge is -2.11. The Morgan fingerprint density at radius 1 is 1.50 bits per heavy atom. The van der Waals surface area contributed by atoms with E-state index in [2.05, 4.69) is 14.8 Å². The fourth-order valence-corrected chi connectivity index (χ4v) is 1.86. The van der Waals surface area contributed by atoms with Gasteiger partial charge in [-0.25, -0.2) is 14.5 Å². The van der Waals surface area contributed by atoms with Gasteiger partial charge in [0.25, 0.3) is 0 Å². The number of methoxy groups -OCH3 is 1. The van der Waals surface area contributed by atoms with E-state index in [4.69, 9.17) is 12.2 Å². The highest BCUT2D eigenvalue weighted by atomic mass is 32.1. The third kappa shape index (κ3) is 2.44. The van der Waals surface area contributed by atoms with Crippen LogP contribution in [-0.4, -0.2) is 27.8 Å². The number of carbonyl (C=O) groups excluding carboxylic acids is 1. The maximum Gasteiger partial charge on any atom is 0.420 e.